The minimum Gasteiger partial charge on any atom is -0.341 e. The van der Waals surface area contributed by atoms with Gasteiger partial charge in [0.25, 0.3) is 0 Å². The highest BCUT2D eigenvalue weighted by Crippen LogP contribution is 2.32. The Bertz CT molecular complexity index is 1740. The minimum absolute atomic E-state index is 0.00941. The van der Waals surface area contributed by atoms with Gasteiger partial charge in [-0.1, -0.05) is 41.6 Å². The van der Waals surface area contributed by atoms with Crippen LogP contribution in [0, 0.1) is 6.92 Å². The summed E-state index contributed by atoms with van der Waals surface area (Å²) in [6.07, 6.45) is 0. The number of carbonyl (C=O) groups is 2. The van der Waals surface area contributed by atoms with Gasteiger partial charge in [-0.05, 0) is 86.0 Å². The number of carbonyl (C=O) groups excluding carboxylic acids is 2. The predicted molar refractivity (Wildman–Crippen MR) is 160 cm³/mol. The van der Waals surface area contributed by atoms with Gasteiger partial charge in [0.15, 0.2) is 5.78 Å². The molecule has 0 fully saturated rings. The topological polar surface area (TPSA) is 60.7 Å². The molecule has 4 aromatic carbocycles. The fourth-order valence-electron chi connectivity index (χ4n) is 4.87. The van der Waals surface area contributed by atoms with Crippen molar-refractivity contribution in [2.75, 3.05) is 0 Å². The monoisotopic (exact) mass is 534 g/mol. The van der Waals surface area contributed by atoms with E-state index in [1.807, 2.05) is 62.4 Å². The molecule has 1 heterocycles. The van der Waals surface area contributed by atoms with Gasteiger partial charge in [0, 0.05) is 57.0 Å². The Balaban J connectivity index is 1.48. The molecule has 0 aliphatic carbocycles. The van der Waals surface area contributed by atoms with E-state index in [1.165, 1.54) is 12.5 Å². The molecule has 196 valence electrons. The second-order valence-electron chi connectivity index (χ2n) is 9.55. The van der Waals surface area contributed by atoms with Crippen molar-refractivity contribution < 1.29 is 14.4 Å². The summed E-state index contributed by atoms with van der Waals surface area (Å²) in [5.41, 5.74) is 7.22. The third-order valence-electron chi connectivity index (χ3n) is 6.86. The molecule has 0 saturated carbocycles. The summed E-state index contributed by atoms with van der Waals surface area (Å²) in [4.78, 5) is 30.8. The first-order chi connectivity index (χ1) is 18.9. The van der Waals surface area contributed by atoms with Gasteiger partial charge in [-0.25, -0.2) is 4.79 Å². The fourth-order valence-corrected chi connectivity index (χ4v) is 5.82. The average molecular weight is 535 g/mol. The Morgan fingerprint density at radius 2 is 1.51 bits per heavy atom. The van der Waals surface area contributed by atoms with Crippen molar-refractivity contribution in [3.05, 3.63) is 113 Å². The standard InChI is InChI=1S/C33H30N2O3S/c1-5-35-31-15-11-25(22(3)34-38-23(4)36)18-29(31)30-19-26(12-16-32(30)35)33(37)28-14-13-27(17-21(28)2)39-20-24-9-7-6-8-10-24/h6-19H,5,20H2,1-4H3/b34-22+. The lowest BCUT2D eigenvalue weighted by Gasteiger charge is -2.09. The third-order valence-corrected chi connectivity index (χ3v) is 7.93. The molecule has 0 aliphatic rings. The van der Waals surface area contributed by atoms with Crippen molar-refractivity contribution in [2.45, 2.75) is 44.9 Å². The molecule has 39 heavy (non-hydrogen) atoms. The van der Waals surface area contributed by atoms with E-state index in [1.54, 1.807) is 11.8 Å². The van der Waals surface area contributed by atoms with Gasteiger partial charge in [0.1, 0.15) is 0 Å². The van der Waals surface area contributed by atoms with Crippen molar-refractivity contribution in [1.82, 2.24) is 4.57 Å². The molecule has 0 spiro atoms. The molecule has 0 amide bonds. The zero-order valence-electron chi connectivity index (χ0n) is 22.5. The SMILES string of the molecule is CCn1c2ccc(C(=O)c3ccc(SCc4ccccc4)cc3C)cc2c2cc(/C(C)=N/OC(C)=O)ccc21. The Labute approximate surface area is 232 Å². The Morgan fingerprint density at radius 3 is 2.15 bits per heavy atom. The van der Waals surface area contributed by atoms with E-state index >= 15 is 0 Å². The lowest BCUT2D eigenvalue weighted by atomic mass is 9.97. The molecule has 0 unspecified atom stereocenters. The van der Waals surface area contributed by atoms with E-state index in [0.29, 0.717) is 16.8 Å². The van der Waals surface area contributed by atoms with Crippen LogP contribution in [0.2, 0.25) is 0 Å². The van der Waals surface area contributed by atoms with Crippen molar-refractivity contribution in [1.29, 1.82) is 0 Å². The highest BCUT2D eigenvalue weighted by molar-refractivity contribution is 7.98. The number of aromatic nitrogens is 1. The molecule has 0 saturated heterocycles. The molecule has 0 bridgehead atoms. The van der Waals surface area contributed by atoms with Crippen LogP contribution in [-0.4, -0.2) is 22.0 Å². The third kappa shape index (κ3) is 5.52. The zero-order valence-corrected chi connectivity index (χ0v) is 23.3. The molecular formula is C33H30N2O3S. The summed E-state index contributed by atoms with van der Waals surface area (Å²) in [7, 11) is 0. The number of fused-ring (bicyclic) bond motifs is 3. The first kappa shape index (κ1) is 26.4. The number of benzene rings is 4. The van der Waals surface area contributed by atoms with E-state index < -0.39 is 5.97 Å². The van der Waals surface area contributed by atoms with Gasteiger partial charge in [-0.15, -0.1) is 11.8 Å². The highest BCUT2D eigenvalue weighted by atomic mass is 32.2. The quantitative estimate of drug-likeness (QED) is 0.0667. The van der Waals surface area contributed by atoms with Gasteiger partial charge >= 0.3 is 5.97 Å². The predicted octanol–water partition coefficient (Wildman–Crippen LogP) is 7.93. The molecule has 5 rings (SSSR count). The van der Waals surface area contributed by atoms with Crippen molar-refractivity contribution >= 4 is 51.0 Å². The van der Waals surface area contributed by atoms with Crippen LogP contribution < -0.4 is 0 Å². The molecule has 5 aromatic rings. The lowest BCUT2D eigenvalue weighted by molar-refractivity contribution is -0.140. The summed E-state index contributed by atoms with van der Waals surface area (Å²) in [5, 5.41) is 5.98. The van der Waals surface area contributed by atoms with Crippen LogP contribution in [0.1, 0.15) is 53.4 Å². The molecule has 0 atom stereocenters. The van der Waals surface area contributed by atoms with E-state index in [0.717, 1.165) is 50.1 Å². The fraction of sp³-hybridized carbons (Fsp3) is 0.182. The largest absolute Gasteiger partial charge is 0.341 e. The number of nitrogens with zero attached hydrogens (tertiary/aromatic N) is 2. The zero-order chi connectivity index (χ0) is 27.5. The first-order valence-corrected chi connectivity index (χ1v) is 13.9. The van der Waals surface area contributed by atoms with Crippen LogP contribution in [0.5, 0.6) is 0 Å². The Morgan fingerprint density at radius 1 is 0.846 bits per heavy atom. The van der Waals surface area contributed by atoms with Crippen LogP contribution >= 0.6 is 11.8 Å². The van der Waals surface area contributed by atoms with Crippen LogP contribution in [-0.2, 0) is 21.9 Å². The lowest BCUT2D eigenvalue weighted by Crippen LogP contribution is -2.04. The molecule has 6 heteroatoms. The van der Waals surface area contributed by atoms with E-state index in [2.05, 4.69) is 53.0 Å². The van der Waals surface area contributed by atoms with Crippen LogP contribution in [0.4, 0.5) is 0 Å². The van der Waals surface area contributed by atoms with Gasteiger partial charge in [0.2, 0.25) is 0 Å². The summed E-state index contributed by atoms with van der Waals surface area (Å²) in [5.74, 6) is 0.438. The number of thioether (sulfide) groups is 1. The number of oxime groups is 1. The normalized spacial score (nSPS) is 11.7. The maximum absolute atomic E-state index is 13.7. The van der Waals surface area contributed by atoms with Crippen molar-refractivity contribution in [3.63, 3.8) is 0 Å². The number of ketones is 1. The van der Waals surface area contributed by atoms with Crippen LogP contribution in [0.25, 0.3) is 21.8 Å². The van der Waals surface area contributed by atoms with Crippen molar-refractivity contribution in [3.8, 4) is 0 Å². The first-order valence-electron chi connectivity index (χ1n) is 13.0. The van der Waals surface area contributed by atoms with Gasteiger partial charge in [-0.2, -0.15) is 0 Å². The number of aryl methyl sites for hydroxylation is 2. The molecule has 1 aromatic heterocycles. The molecule has 0 aliphatic heterocycles. The van der Waals surface area contributed by atoms with Gasteiger partial charge in [0.05, 0.1) is 5.71 Å². The van der Waals surface area contributed by atoms with Crippen LogP contribution in [0.3, 0.4) is 0 Å². The number of hydrogen-bond donors (Lipinski definition) is 0. The minimum atomic E-state index is -0.459. The van der Waals surface area contributed by atoms with E-state index in [-0.39, 0.29) is 5.78 Å². The Kier molecular flexibility index (Phi) is 7.66. The highest BCUT2D eigenvalue weighted by Gasteiger charge is 2.17. The molecular weight excluding hydrogens is 504 g/mol. The maximum atomic E-state index is 13.7. The number of rotatable bonds is 8. The summed E-state index contributed by atoms with van der Waals surface area (Å²) in [6, 6.07) is 28.5. The summed E-state index contributed by atoms with van der Waals surface area (Å²) in [6.45, 7) is 8.04. The second-order valence-corrected chi connectivity index (χ2v) is 10.6. The summed E-state index contributed by atoms with van der Waals surface area (Å²) < 4.78 is 2.24. The van der Waals surface area contributed by atoms with Gasteiger partial charge < -0.3 is 9.40 Å². The molecule has 0 radical (unpaired) electrons. The Hall–Kier alpha value is -4.16. The average Bonchev–Trinajstić information content (AvgIpc) is 3.27. The second kappa shape index (κ2) is 11.3. The van der Waals surface area contributed by atoms with E-state index in [4.69, 9.17) is 4.84 Å². The molecule has 5 nitrogen and oxygen atoms in total. The maximum Gasteiger partial charge on any atom is 0.331 e. The van der Waals surface area contributed by atoms with Crippen LogP contribution in [0.15, 0.2) is 95.0 Å². The van der Waals surface area contributed by atoms with Gasteiger partial charge in [-0.3, -0.25) is 4.79 Å². The van der Waals surface area contributed by atoms with E-state index in [9.17, 15) is 9.59 Å². The van der Waals surface area contributed by atoms with Crippen molar-refractivity contribution in [2.24, 2.45) is 5.16 Å². The smallest absolute Gasteiger partial charge is 0.331 e. The number of hydrogen-bond acceptors (Lipinski definition) is 5. The molecule has 0 N–H and O–H groups in total. The summed E-state index contributed by atoms with van der Waals surface area (Å²) >= 11 is 1.77.